The molecule has 2 rings (SSSR count). The van der Waals surface area contributed by atoms with E-state index < -0.39 is 0 Å². The summed E-state index contributed by atoms with van der Waals surface area (Å²) in [5.74, 6) is 1.99. The van der Waals surface area contributed by atoms with Crippen LogP contribution in [0.4, 0.5) is 0 Å². The highest BCUT2D eigenvalue weighted by Crippen LogP contribution is 2.26. The Hall–Kier alpha value is -1.06. The summed E-state index contributed by atoms with van der Waals surface area (Å²) in [6.45, 7) is 10.8. The van der Waals surface area contributed by atoms with E-state index in [-0.39, 0.29) is 11.9 Å². The second kappa shape index (κ2) is 7.47. The van der Waals surface area contributed by atoms with Crippen LogP contribution in [0, 0.1) is 11.8 Å². The minimum Gasteiger partial charge on any atom is -0.490 e. The maximum atomic E-state index is 12.7. The Balaban J connectivity index is 2.13. The van der Waals surface area contributed by atoms with Gasteiger partial charge in [-0.1, -0.05) is 25.4 Å². The van der Waals surface area contributed by atoms with Crippen molar-refractivity contribution in [3.63, 3.8) is 0 Å². The van der Waals surface area contributed by atoms with Crippen molar-refractivity contribution in [3.05, 3.63) is 28.8 Å². The summed E-state index contributed by atoms with van der Waals surface area (Å²) in [5.41, 5.74) is 0.590. The Morgan fingerprint density at radius 1 is 1.32 bits per heavy atom. The third-order valence-electron chi connectivity index (χ3n) is 3.92. The number of rotatable bonds is 5. The van der Waals surface area contributed by atoms with E-state index in [2.05, 4.69) is 18.7 Å². The van der Waals surface area contributed by atoms with Crippen molar-refractivity contribution in [3.8, 4) is 5.75 Å². The lowest BCUT2D eigenvalue weighted by molar-refractivity contribution is 0.0844. The molecule has 1 saturated heterocycles. The maximum Gasteiger partial charge on any atom is 0.180 e. The number of ether oxygens (including phenoxy) is 1. The third-order valence-corrected chi connectivity index (χ3v) is 4.15. The number of piperidine rings is 1. The van der Waals surface area contributed by atoms with E-state index in [9.17, 15) is 4.79 Å². The van der Waals surface area contributed by atoms with Gasteiger partial charge in [-0.2, -0.15) is 0 Å². The highest BCUT2D eigenvalue weighted by atomic mass is 35.5. The van der Waals surface area contributed by atoms with Gasteiger partial charge in [0.25, 0.3) is 0 Å². The molecule has 0 bridgehead atoms. The molecule has 4 heteroatoms. The van der Waals surface area contributed by atoms with Crippen molar-refractivity contribution in [1.29, 1.82) is 0 Å². The first-order valence-corrected chi connectivity index (χ1v) is 8.44. The van der Waals surface area contributed by atoms with E-state index in [4.69, 9.17) is 16.3 Å². The van der Waals surface area contributed by atoms with Gasteiger partial charge in [-0.25, -0.2) is 0 Å². The molecule has 1 heterocycles. The second-order valence-corrected chi connectivity index (χ2v) is 7.31. The normalized spacial score (nSPS) is 22.8. The molecular weight excluding hydrogens is 298 g/mol. The molecule has 2 atom stereocenters. The van der Waals surface area contributed by atoms with Crippen LogP contribution in [0.1, 0.15) is 44.5 Å². The number of halogens is 1. The molecule has 0 radical (unpaired) electrons. The Bertz CT molecular complexity index is 520. The maximum absolute atomic E-state index is 12.7. The molecule has 0 aliphatic carbocycles. The van der Waals surface area contributed by atoms with Crippen LogP contribution < -0.4 is 4.74 Å². The van der Waals surface area contributed by atoms with E-state index in [1.54, 1.807) is 18.2 Å². The van der Waals surface area contributed by atoms with Gasteiger partial charge in [-0.15, -0.1) is 0 Å². The van der Waals surface area contributed by atoms with Gasteiger partial charge in [0.1, 0.15) is 5.75 Å². The van der Waals surface area contributed by atoms with Crippen LogP contribution in [0.3, 0.4) is 0 Å². The summed E-state index contributed by atoms with van der Waals surface area (Å²) >= 11 is 6.07. The summed E-state index contributed by atoms with van der Waals surface area (Å²) in [6, 6.07) is 5.27. The third kappa shape index (κ3) is 4.72. The SMILES string of the molecule is CC1CC(C)CN(CC(=O)c2cc(Cl)ccc2OC(C)C)C1. The van der Waals surface area contributed by atoms with Gasteiger partial charge >= 0.3 is 0 Å². The molecule has 0 amide bonds. The lowest BCUT2D eigenvalue weighted by Crippen LogP contribution is -2.41. The van der Waals surface area contributed by atoms with Crippen molar-refractivity contribution >= 4 is 17.4 Å². The van der Waals surface area contributed by atoms with Crippen LogP contribution in [-0.2, 0) is 0 Å². The van der Waals surface area contributed by atoms with E-state index in [0.717, 1.165) is 13.1 Å². The average molecular weight is 324 g/mol. The number of carbonyl (C=O) groups excluding carboxylic acids is 1. The standard InChI is InChI=1S/C18H26ClNO2/c1-12(2)22-18-6-5-15(19)8-16(18)17(21)11-20-9-13(3)7-14(4)10-20/h5-6,8,12-14H,7,9-11H2,1-4H3. The van der Waals surface area contributed by atoms with E-state index in [1.165, 1.54) is 6.42 Å². The van der Waals surface area contributed by atoms with Crippen LogP contribution in [-0.4, -0.2) is 36.4 Å². The fourth-order valence-electron chi connectivity index (χ4n) is 3.29. The van der Waals surface area contributed by atoms with Gasteiger partial charge in [0.15, 0.2) is 5.78 Å². The van der Waals surface area contributed by atoms with E-state index in [1.807, 2.05) is 13.8 Å². The number of hydrogen-bond donors (Lipinski definition) is 0. The molecule has 1 aromatic rings. The van der Waals surface area contributed by atoms with Gasteiger partial charge in [-0.05, 0) is 50.3 Å². The first-order valence-electron chi connectivity index (χ1n) is 8.07. The van der Waals surface area contributed by atoms with E-state index >= 15 is 0 Å². The number of Topliss-reactive ketones (excluding diaryl/α,β-unsaturated/α-hetero) is 1. The highest BCUT2D eigenvalue weighted by Gasteiger charge is 2.25. The lowest BCUT2D eigenvalue weighted by Gasteiger charge is -2.34. The Labute approximate surface area is 138 Å². The monoisotopic (exact) mass is 323 g/mol. The van der Waals surface area contributed by atoms with Crippen molar-refractivity contribution in [2.45, 2.75) is 40.2 Å². The number of nitrogens with zero attached hydrogens (tertiary/aromatic N) is 1. The Morgan fingerprint density at radius 3 is 2.55 bits per heavy atom. The predicted octanol–water partition coefficient (Wildman–Crippen LogP) is 4.29. The van der Waals surface area contributed by atoms with Crippen molar-refractivity contribution in [2.75, 3.05) is 19.6 Å². The van der Waals surface area contributed by atoms with Gasteiger partial charge in [0.05, 0.1) is 18.2 Å². The van der Waals surface area contributed by atoms with Gasteiger partial charge < -0.3 is 4.74 Å². The number of carbonyl (C=O) groups is 1. The summed E-state index contributed by atoms with van der Waals surface area (Å²) in [5, 5.41) is 0.569. The van der Waals surface area contributed by atoms with Crippen molar-refractivity contribution in [1.82, 2.24) is 4.90 Å². The molecule has 1 fully saturated rings. The first kappa shape index (κ1) is 17.3. The molecule has 0 saturated carbocycles. The average Bonchev–Trinajstić information content (AvgIpc) is 2.39. The topological polar surface area (TPSA) is 29.5 Å². The molecule has 0 aromatic heterocycles. The molecule has 1 aliphatic rings. The van der Waals surface area contributed by atoms with Gasteiger partial charge in [-0.3, -0.25) is 9.69 Å². The summed E-state index contributed by atoms with van der Waals surface area (Å²) in [7, 11) is 0. The van der Waals surface area contributed by atoms with Crippen LogP contribution in [0.25, 0.3) is 0 Å². The minimum atomic E-state index is 0.0303. The van der Waals surface area contributed by atoms with E-state index in [0.29, 0.717) is 34.7 Å². The Morgan fingerprint density at radius 2 is 1.95 bits per heavy atom. The summed E-state index contributed by atoms with van der Waals surface area (Å²) in [4.78, 5) is 15.0. The smallest absolute Gasteiger partial charge is 0.180 e. The van der Waals surface area contributed by atoms with Crippen LogP contribution in [0.15, 0.2) is 18.2 Å². The zero-order valence-electron chi connectivity index (χ0n) is 13.9. The Kier molecular flexibility index (Phi) is 5.87. The molecule has 0 N–H and O–H groups in total. The van der Waals surface area contributed by atoms with Gasteiger partial charge in [0.2, 0.25) is 0 Å². The fraction of sp³-hybridized carbons (Fsp3) is 0.611. The predicted molar refractivity (Wildman–Crippen MR) is 90.9 cm³/mol. The molecule has 122 valence electrons. The fourth-order valence-corrected chi connectivity index (χ4v) is 3.46. The lowest BCUT2D eigenvalue weighted by atomic mass is 9.91. The molecular formula is C18H26ClNO2. The van der Waals surface area contributed by atoms with Gasteiger partial charge in [0, 0.05) is 18.1 Å². The van der Waals surface area contributed by atoms with Crippen LogP contribution in [0.2, 0.25) is 5.02 Å². The van der Waals surface area contributed by atoms with Crippen LogP contribution >= 0.6 is 11.6 Å². The summed E-state index contributed by atoms with van der Waals surface area (Å²) in [6.07, 6.45) is 1.27. The zero-order chi connectivity index (χ0) is 16.3. The first-order chi connectivity index (χ1) is 10.3. The number of ketones is 1. The molecule has 3 nitrogen and oxygen atoms in total. The minimum absolute atomic E-state index is 0.0303. The van der Waals surface area contributed by atoms with Crippen molar-refractivity contribution in [2.24, 2.45) is 11.8 Å². The van der Waals surface area contributed by atoms with Crippen molar-refractivity contribution < 1.29 is 9.53 Å². The zero-order valence-corrected chi connectivity index (χ0v) is 14.7. The number of likely N-dealkylation sites (tertiary alicyclic amines) is 1. The number of benzene rings is 1. The highest BCUT2D eigenvalue weighted by molar-refractivity contribution is 6.31. The largest absolute Gasteiger partial charge is 0.490 e. The molecule has 1 aliphatic heterocycles. The quantitative estimate of drug-likeness (QED) is 0.757. The molecule has 1 aromatic carbocycles. The molecule has 2 unspecified atom stereocenters. The molecule has 0 spiro atoms. The number of hydrogen-bond acceptors (Lipinski definition) is 3. The van der Waals surface area contributed by atoms with Crippen LogP contribution in [0.5, 0.6) is 5.75 Å². The summed E-state index contributed by atoms with van der Waals surface area (Å²) < 4.78 is 5.75. The molecule has 22 heavy (non-hydrogen) atoms. The second-order valence-electron chi connectivity index (χ2n) is 6.87.